The first kappa shape index (κ1) is 86.5. The van der Waals surface area contributed by atoms with Gasteiger partial charge in [-0.15, -0.1) is 0 Å². The van der Waals surface area contributed by atoms with Gasteiger partial charge in [0.05, 0.1) is 26.9 Å². The summed E-state index contributed by atoms with van der Waals surface area (Å²) < 4.78 is 23.7. The van der Waals surface area contributed by atoms with E-state index < -0.39 is 101 Å². The lowest BCUT2D eigenvalue weighted by Gasteiger charge is -2.37. The fraction of sp³-hybridized carbons (Fsp3) is 0.532. The first-order chi connectivity index (χ1) is 52.9. The molecule has 1 aliphatic heterocycles. The van der Waals surface area contributed by atoms with Crippen molar-refractivity contribution in [3.05, 3.63) is 119 Å². The summed E-state index contributed by atoms with van der Waals surface area (Å²) in [5.41, 5.74) is 20.4. The van der Waals surface area contributed by atoms with Crippen LogP contribution in [0.4, 0.5) is 0 Å². The molecule has 2 heterocycles. The van der Waals surface area contributed by atoms with Gasteiger partial charge >= 0.3 is 5.97 Å². The number of nitrogens with one attached hydrogen (secondary N) is 12. The monoisotopic (exact) mass is 1530 g/mol. The molecule has 20 N–H and O–H groups in total. The number of amides is 8. The maximum absolute atomic E-state index is 15.0. The van der Waals surface area contributed by atoms with E-state index in [0.717, 1.165) is 74.4 Å². The van der Waals surface area contributed by atoms with Crippen molar-refractivity contribution in [2.75, 3.05) is 53.6 Å². The SMILES string of the molecule is CCCCCCCC(C(=O)NCCCC[C@H](NC(=O)[C@H](Cc1c[nH]c2ccccc12)NC(=O)[C@H](CCCNC(=N)N)NC(=O)[C@H](Cc1ccc(O)cc1)NC(=O)[C@H](Cc1ccc(O)cc1)NC(=O)[C@H](CCCNC(=N)N)NC(C)=O)C(N)=O)C(=O)O[C@@H]1CCN([C@@H]2CCCC[C@H]2OCCc2ccc(OC)c(OC)c2)C1. The summed E-state index contributed by atoms with van der Waals surface area (Å²) in [5.74, 6) is -7.23. The van der Waals surface area contributed by atoms with Gasteiger partial charge in [-0.05, 0) is 142 Å². The lowest BCUT2D eigenvalue weighted by molar-refractivity contribution is -0.157. The number of ether oxygens (including phenoxy) is 4. The van der Waals surface area contributed by atoms with Crippen LogP contribution in [0.5, 0.6) is 23.0 Å². The number of guanidine groups is 2. The Balaban J connectivity index is 1.03. The number of primary amides is 1. The fourth-order valence-electron chi connectivity index (χ4n) is 13.9. The number of benzene rings is 4. The number of H-pyrrole nitrogens is 1. The number of unbranched alkanes of at least 4 members (excludes halogenated alkanes) is 5. The minimum atomic E-state index is -1.51. The van der Waals surface area contributed by atoms with E-state index in [4.69, 9.17) is 47.0 Å². The number of aromatic amines is 1. The second kappa shape index (κ2) is 45.3. The Kier molecular flexibility index (Phi) is 35.7. The molecule has 4 aromatic carbocycles. The molecule has 10 atom stereocenters. The van der Waals surface area contributed by atoms with E-state index in [-0.39, 0.29) is 113 Å². The van der Waals surface area contributed by atoms with Crippen LogP contribution < -0.4 is 74.5 Å². The summed E-state index contributed by atoms with van der Waals surface area (Å²) in [6, 6.07) is 16.6. The Labute approximate surface area is 642 Å². The average molecular weight is 1530 g/mol. The lowest BCUT2D eigenvalue weighted by Crippen LogP contribution is -2.60. The second-order valence-corrected chi connectivity index (χ2v) is 28.3. The third-order valence-electron chi connectivity index (χ3n) is 19.9. The van der Waals surface area contributed by atoms with E-state index in [1.165, 1.54) is 55.5 Å². The standard InChI is InChI=1S/C79H114N16O15/c1-5-6-7-8-9-19-58(77(106)110-56-36-41-95(48-56)66-24-12-13-25-67(66)109-42-37-52-30-35-68(107-3)69(45-52)108-4)71(100)85-38-15-14-21-60(70(80)99)90-76(105)65(46-53-47-88-59-20-11-10-18-57(53)59)94-73(102)62(23-17-40-87-79(83)84)91-74(103)63(43-50-26-31-54(97)32-27-50)93-75(104)64(44-51-28-33-55(98)34-29-51)92-72(101)61(89-49(2)96)22-16-39-86-78(81)82/h10-11,18,20,26-35,45,47,56,58,60-67,88,97-98H,5-9,12-17,19,21-25,36-44,46,48H2,1-4H3,(H2,80,99)(H,85,100)(H,89,96)(H,90,105)(H,91,103)(H,92,101)(H,93,104)(H,94,102)(H4,81,82,86)(H4,83,84,87)/t56-,58?,60+,61+,62+,63+,64+,65+,66-,67-/m1/s1. The van der Waals surface area contributed by atoms with Gasteiger partial charge in [-0.25, -0.2) is 0 Å². The van der Waals surface area contributed by atoms with Crippen LogP contribution in [0.2, 0.25) is 0 Å². The van der Waals surface area contributed by atoms with Crippen molar-refractivity contribution < 1.29 is 72.3 Å². The van der Waals surface area contributed by atoms with Crippen molar-refractivity contribution in [3.63, 3.8) is 0 Å². The molecule has 600 valence electrons. The summed E-state index contributed by atoms with van der Waals surface area (Å²) in [6.45, 7) is 5.50. The van der Waals surface area contributed by atoms with E-state index in [2.05, 4.69) is 64.7 Å². The van der Waals surface area contributed by atoms with Gasteiger partial charge in [-0.3, -0.25) is 58.9 Å². The number of carbonyl (C=O) groups excluding carboxylic acids is 9. The maximum Gasteiger partial charge on any atom is 0.318 e. The summed E-state index contributed by atoms with van der Waals surface area (Å²) >= 11 is 0. The molecule has 7 rings (SSSR count). The zero-order chi connectivity index (χ0) is 79.5. The molecule has 0 radical (unpaired) electrons. The number of methoxy groups -OCH3 is 2. The second-order valence-electron chi connectivity index (χ2n) is 28.3. The lowest BCUT2D eigenvalue weighted by atomic mass is 9.91. The van der Waals surface area contributed by atoms with Crippen molar-refractivity contribution >= 4 is 76.0 Å². The van der Waals surface area contributed by atoms with Crippen LogP contribution >= 0.6 is 0 Å². The van der Waals surface area contributed by atoms with Gasteiger partial charge < -0.3 is 99.2 Å². The van der Waals surface area contributed by atoms with Crippen molar-refractivity contribution in [3.8, 4) is 23.0 Å². The van der Waals surface area contributed by atoms with Crippen molar-refractivity contribution in [2.24, 2.45) is 23.1 Å². The number of nitrogens with zero attached hydrogens (tertiary/aromatic N) is 1. The third kappa shape index (κ3) is 28.7. The van der Waals surface area contributed by atoms with E-state index in [1.54, 1.807) is 26.5 Å². The quantitative estimate of drug-likeness (QED) is 0.00860. The number of carbonyl (C=O) groups is 9. The van der Waals surface area contributed by atoms with Gasteiger partial charge in [0.25, 0.3) is 0 Å². The molecular formula is C79H114N16O15. The minimum Gasteiger partial charge on any atom is -0.508 e. The number of nitrogens with two attached hydrogens (primary N) is 3. The summed E-state index contributed by atoms with van der Waals surface area (Å²) in [7, 11) is 3.22. The molecule has 8 amide bonds. The van der Waals surface area contributed by atoms with E-state index in [0.29, 0.717) is 73.4 Å². The Morgan fingerprint density at radius 1 is 0.555 bits per heavy atom. The van der Waals surface area contributed by atoms with Crippen LogP contribution in [-0.4, -0.2) is 193 Å². The van der Waals surface area contributed by atoms with Gasteiger partial charge in [0.2, 0.25) is 47.3 Å². The van der Waals surface area contributed by atoms with Gasteiger partial charge in [0.1, 0.15) is 59.8 Å². The summed E-state index contributed by atoms with van der Waals surface area (Å²) in [4.78, 5) is 133. The molecule has 0 spiro atoms. The average Bonchev–Trinajstić information content (AvgIpc) is 1.65. The number of fused-ring (bicyclic) bond motifs is 1. The Morgan fingerprint density at radius 3 is 1.65 bits per heavy atom. The Hall–Kier alpha value is -10.7. The van der Waals surface area contributed by atoms with Gasteiger partial charge in [-0.2, -0.15) is 0 Å². The molecule has 2 fully saturated rings. The van der Waals surface area contributed by atoms with Crippen molar-refractivity contribution in [2.45, 2.75) is 210 Å². The molecule has 31 nitrogen and oxygen atoms in total. The van der Waals surface area contributed by atoms with Crippen LogP contribution in [0, 0.1) is 16.7 Å². The van der Waals surface area contributed by atoms with Crippen molar-refractivity contribution in [1.82, 2.24) is 57.7 Å². The number of phenols is 2. The van der Waals surface area contributed by atoms with Crippen LogP contribution in [0.25, 0.3) is 10.9 Å². The molecule has 1 unspecified atom stereocenters. The first-order valence-electron chi connectivity index (χ1n) is 38.3. The number of hydrogen-bond donors (Lipinski definition) is 17. The molecular weight excluding hydrogens is 1410 g/mol. The van der Waals surface area contributed by atoms with Gasteiger partial charge in [-0.1, -0.05) is 100 Å². The molecule has 1 aliphatic carbocycles. The zero-order valence-electron chi connectivity index (χ0n) is 63.7. The molecule has 1 saturated heterocycles. The van der Waals surface area contributed by atoms with E-state index in [9.17, 15) is 43.8 Å². The van der Waals surface area contributed by atoms with Crippen LogP contribution in [-0.2, 0) is 78.3 Å². The van der Waals surface area contributed by atoms with E-state index >= 15 is 9.59 Å². The molecule has 0 bridgehead atoms. The Morgan fingerprint density at radius 2 is 1.07 bits per heavy atom. The minimum absolute atomic E-state index is 0.0157. The number of aromatic hydroxyl groups is 2. The number of aromatic nitrogens is 1. The predicted octanol–water partition coefficient (Wildman–Crippen LogP) is 4.02. The van der Waals surface area contributed by atoms with Crippen LogP contribution in [0.15, 0.2) is 97.2 Å². The highest BCUT2D eigenvalue weighted by Crippen LogP contribution is 2.32. The van der Waals surface area contributed by atoms with Crippen molar-refractivity contribution in [1.29, 1.82) is 10.8 Å². The summed E-state index contributed by atoms with van der Waals surface area (Å²) in [5, 5.41) is 61.0. The first-order valence-corrected chi connectivity index (χ1v) is 38.3. The fourth-order valence-corrected chi connectivity index (χ4v) is 13.9. The van der Waals surface area contributed by atoms with Gasteiger partial charge in [0, 0.05) is 82.1 Å². The highest BCUT2D eigenvalue weighted by Gasteiger charge is 2.39. The molecule has 31 heteroatoms. The normalized spacial score (nSPS) is 16.7. The number of phenolic OH excluding ortho intramolecular Hbond substituents is 2. The number of hydrogen-bond acceptors (Lipinski definition) is 18. The zero-order valence-corrected chi connectivity index (χ0v) is 63.7. The van der Waals surface area contributed by atoms with Crippen LogP contribution in [0.1, 0.15) is 152 Å². The third-order valence-corrected chi connectivity index (χ3v) is 19.9. The molecule has 110 heavy (non-hydrogen) atoms. The topological polar surface area (TPSA) is 484 Å². The van der Waals surface area contributed by atoms with Gasteiger partial charge in [0.15, 0.2) is 23.4 Å². The largest absolute Gasteiger partial charge is 0.508 e. The summed E-state index contributed by atoms with van der Waals surface area (Å²) in [6.07, 6.45) is 11.8. The smallest absolute Gasteiger partial charge is 0.318 e. The molecule has 1 saturated carbocycles. The van der Waals surface area contributed by atoms with Crippen LogP contribution in [0.3, 0.4) is 0 Å². The number of para-hydroxylation sites is 1. The highest BCUT2D eigenvalue weighted by molar-refractivity contribution is 5.99. The predicted molar refractivity (Wildman–Crippen MR) is 415 cm³/mol. The number of rotatable bonds is 47. The molecule has 1 aromatic heterocycles. The van der Waals surface area contributed by atoms with E-state index in [1.807, 2.05) is 36.4 Å². The number of likely N-dealkylation sites (tertiary alicyclic amines) is 1. The number of esters is 1. The molecule has 2 aliphatic rings. The highest BCUT2D eigenvalue weighted by atomic mass is 16.5. The maximum atomic E-state index is 15.0. The molecule has 5 aromatic rings. The Bertz CT molecular complexity index is 3840.